The van der Waals surface area contributed by atoms with Crippen LogP contribution in [0.4, 0.5) is 0 Å². The number of unbranched alkanes of at least 4 members (excludes halogenated alkanes) is 4. The van der Waals surface area contributed by atoms with Crippen LogP contribution < -0.4 is 4.74 Å². The molecule has 5 heteroatoms. The van der Waals surface area contributed by atoms with Gasteiger partial charge in [0.05, 0.1) is 13.7 Å². The number of carbonyl (C=O) groups excluding carboxylic acids is 1. The van der Waals surface area contributed by atoms with E-state index in [0.717, 1.165) is 50.1 Å². The second kappa shape index (κ2) is 9.39. The van der Waals surface area contributed by atoms with Crippen LogP contribution in [0.15, 0.2) is 4.42 Å². The molecule has 0 radical (unpaired) electrons. The maximum Gasteiger partial charge on any atom is 0.307 e. The molecule has 0 aliphatic rings. The highest BCUT2D eigenvalue weighted by molar-refractivity contribution is 5.69. The summed E-state index contributed by atoms with van der Waals surface area (Å²) in [5.74, 6) is 1.16. The molecule has 1 aromatic rings. The molecule has 0 aromatic carbocycles. The van der Waals surface area contributed by atoms with Crippen LogP contribution in [-0.2, 0) is 16.0 Å². The first kappa shape index (κ1) is 16.5. The number of aromatic nitrogens is 1. The summed E-state index contributed by atoms with van der Waals surface area (Å²) in [7, 11) is 1.58. The Morgan fingerprint density at radius 2 is 1.90 bits per heavy atom. The predicted octanol–water partition coefficient (Wildman–Crippen LogP) is 3.44. The Morgan fingerprint density at radius 1 is 1.20 bits per heavy atom. The number of rotatable bonds is 10. The molecule has 0 amide bonds. The molecule has 0 spiro atoms. The van der Waals surface area contributed by atoms with Crippen molar-refractivity contribution in [2.45, 2.75) is 58.8 Å². The van der Waals surface area contributed by atoms with Crippen molar-refractivity contribution in [3.63, 3.8) is 0 Å². The molecule has 0 aliphatic heterocycles. The Balaban J connectivity index is 2.03. The van der Waals surface area contributed by atoms with Gasteiger partial charge in [-0.05, 0) is 26.7 Å². The monoisotopic (exact) mass is 283 g/mol. The first-order chi connectivity index (χ1) is 9.67. The zero-order valence-electron chi connectivity index (χ0n) is 12.7. The normalized spacial score (nSPS) is 10.6. The minimum atomic E-state index is -0.0881. The Hall–Kier alpha value is -1.52. The van der Waals surface area contributed by atoms with Crippen LogP contribution in [0.1, 0.15) is 57.0 Å². The lowest BCUT2D eigenvalue weighted by atomic mass is 10.1. The molecule has 0 aliphatic carbocycles. The van der Waals surface area contributed by atoms with Gasteiger partial charge < -0.3 is 13.9 Å². The van der Waals surface area contributed by atoms with E-state index in [1.165, 1.54) is 0 Å². The molecular weight excluding hydrogens is 258 g/mol. The fourth-order valence-corrected chi connectivity index (χ4v) is 2.04. The van der Waals surface area contributed by atoms with Gasteiger partial charge >= 0.3 is 11.9 Å². The zero-order chi connectivity index (χ0) is 14.8. The smallest absolute Gasteiger partial charge is 0.307 e. The van der Waals surface area contributed by atoms with Gasteiger partial charge in [-0.25, -0.2) is 4.98 Å². The largest absolute Gasteiger partial charge is 0.467 e. The summed E-state index contributed by atoms with van der Waals surface area (Å²) < 4.78 is 15.4. The molecule has 5 nitrogen and oxygen atoms in total. The lowest BCUT2D eigenvalue weighted by molar-refractivity contribution is -0.143. The van der Waals surface area contributed by atoms with Crippen LogP contribution in [0.2, 0.25) is 0 Å². The predicted molar refractivity (Wildman–Crippen MR) is 75.8 cm³/mol. The number of esters is 1. The molecule has 114 valence electrons. The number of hydrogen-bond acceptors (Lipinski definition) is 5. The van der Waals surface area contributed by atoms with Crippen molar-refractivity contribution < 1.29 is 18.7 Å². The van der Waals surface area contributed by atoms with Crippen LogP contribution >= 0.6 is 0 Å². The molecule has 0 N–H and O–H groups in total. The Labute approximate surface area is 120 Å². The number of aryl methyl sites for hydroxylation is 2. The van der Waals surface area contributed by atoms with Crippen molar-refractivity contribution in [1.82, 2.24) is 4.98 Å². The number of nitrogens with zero attached hydrogens (tertiary/aromatic N) is 1. The van der Waals surface area contributed by atoms with Crippen molar-refractivity contribution in [3.05, 3.63) is 11.6 Å². The Morgan fingerprint density at radius 3 is 2.55 bits per heavy atom. The molecule has 0 fully saturated rings. The Kier molecular flexibility index (Phi) is 7.77. The fraction of sp³-hybridized carbons (Fsp3) is 0.733. The van der Waals surface area contributed by atoms with Gasteiger partial charge in [0.15, 0.2) is 5.89 Å². The van der Waals surface area contributed by atoms with Gasteiger partial charge in [0.2, 0.25) is 0 Å². The maximum atomic E-state index is 11.1. The number of carbonyl (C=O) groups is 1. The average Bonchev–Trinajstić information content (AvgIpc) is 2.78. The second-order valence-corrected chi connectivity index (χ2v) is 4.76. The topological polar surface area (TPSA) is 61.6 Å². The van der Waals surface area contributed by atoms with E-state index < -0.39 is 0 Å². The van der Waals surface area contributed by atoms with Crippen molar-refractivity contribution in [1.29, 1.82) is 0 Å². The summed E-state index contributed by atoms with van der Waals surface area (Å²) in [6.45, 7) is 4.18. The van der Waals surface area contributed by atoms with Crippen LogP contribution in [0.25, 0.3) is 0 Å². The molecule has 0 atom stereocenters. The van der Waals surface area contributed by atoms with Gasteiger partial charge in [0, 0.05) is 12.8 Å². The lowest BCUT2D eigenvalue weighted by Gasteiger charge is -2.01. The van der Waals surface area contributed by atoms with E-state index in [-0.39, 0.29) is 5.97 Å². The quantitative estimate of drug-likeness (QED) is 0.486. The second-order valence-electron chi connectivity index (χ2n) is 4.76. The molecular formula is C15H25NO4. The van der Waals surface area contributed by atoms with Crippen molar-refractivity contribution in [3.8, 4) is 5.95 Å². The summed E-state index contributed by atoms with van der Waals surface area (Å²) in [5, 5.41) is 0. The van der Waals surface area contributed by atoms with E-state index in [4.69, 9.17) is 13.9 Å². The SMILES string of the molecule is CCOC(=O)CCCCCCCc1nc(C)c(OC)o1. The van der Waals surface area contributed by atoms with Crippen LogP contribution in [0.3, 0.4) is 0 Å². The van der Waals surface area contributed by atoms with Gasteiger partial charge in [0.1, 0.15) is 5.69 Å². The summed E-state index contributed by atoms with van der Waals surface area (Å²) in [4.78, 5) is 15.4. The van der Waals surface area contributed by atoms with Gasteiger partial charge in [-0.1, -0.05) is 19.3 Å². The van der Waals surface area contributed by atoms with E-state index in [1.54, 1.807) is 7.11 Å². The number of oxazole rings is 1. The minimum Gasteiger partial charge on any atom is -0.467 e. The number of hydrogen-bond donors (Lipinski definition) is 0. The van der Waals surface area contributed by atoms with E-state index in [2.05, 4.69) is 4.98 Å². The molecule has 0 saturated heterocycles. The summed E-state index contributed by atoms with van der Waals surface area (Å²) in [5.41, 5.74) is 0.803. The van der Waals surface area contributed by atoms with Crippen molar-refractivity contribution >= 4 is 5.97 Å². The van der Waals surface area contributed by atoms with E-state index in [9.17, 15) is 4.79 Å². The molecule has 0 saturated carbocycles. The molecule has 1 heterocycles. The highest BCUT2D eigenvalue weighted by atomic mass is 16.6. The molecule has 20 heavy (non-hydrogen) atoms. The molecule has 0 bridgehead atoms. The minimum absolute atomic E-state index is 0.0881. The van der Waals surface area contributed by atoms with Gasteiger partial charge in [-0.3, -0.25) is 4.79 Å². The third-order valence-corrected chi connectivity index (χ3v) is 3.06. The highest BCUT2D eigenvalue weighted by Gasteiger charge is 2.08. The summed E-state index contributed by atoms with van der Waals surface area (Å²) >= 11 is 0. The van der Waals surface area contributed by atoms with Crippen molar-refractivity contribution in [2.75, 3.05) is 13.7 Å². The third-order valence-electron chi connectivity index (χ3n) is 3.06. The average molecular weight is 283 g/mol. The summed E-state index contributed by atoms with van der Waals surface area (Å²) in [6, 6.07) is 0. The van der Waals surface area contributed by atoms with Crippen molar-refractivity contribution in [2.24, 2.45) is 0 Å². The summed E-state index contributed by atoms with van der Waals surface area (Å²) in [6.07, 6.45) is 6.62. The first-order valence-electron chi connectivity index (χ1n) is 7.33. The van der Waals surface area contributed by atoms with Crippen LogP contribution in [0.5, 0.6) is 5.95 Å². The Bertz CT molecular complexity index is 401. The number of methoxy groups -OCH3 is 1. The first-order valence-corrected chi connectivity index (χ1v) is 7.33. The van der Waals surface area contributed by atoms with Crippen LogP contribution in [0, 0.1) is 6.92 Å². The standard InChI is InChI=1S/C15H25NO4/c1-4-19-14(17)11-9-7-5-6-8-10-13-16-12(2)15(18-3)20-13/h4-11H2,1-3H3. The zero-order valence-corrected chi connectivity index (χ0v) is 12.7. The van der Waals surface area contributed by atoms with E-state index in [0.29, 0.717) is 19.0 Å². The van der Waals surface area contributed by atoms with Gasteiger partial charge in [-0.15, -0.1) is 0 Å². The third kappa shape index (κ3) is 6.08. The molecule has 1 rings (SSSR count). The molecule has 1 aromatic heterocycles. The van der Waals surface area contributed by atoms with E-state index in [1.807, 2.05) is 13.8 Å². The highest BCUT2D eigenvalue weighted by Crippen LogP contribution is 2.19. The molecule has 0 unspecified atom stereocenters. The van der Waals surface area contributed by atoms with Gasteiger partial charge in [-0.2, -0.15) is 0 Å². The van der Waals surface area contributed by atoms with Gasteiger partial charge in [0.25, 0.3) is 0 Å². The maximum absolute atomic E-state index is 11.1. The van der Waals surface area contributed by atoms with Crippen LogP contribution in [-0.4, -0.2) is 24.7 Å². The van der Waals surface area contributed by atoms with E-state index >= 15 is 0 Å². The lowest BCUT2D eigenvalue weighted by Crippen LogP contribution is -2.03. The number of ether oxygens (including phenoxy) is 2. The fourth-order valence-electron chi connectivity index (χ4n) is 2.04.